The van der Waals surface area contributed by atoms with Crippen LogP contribution in [0, 0.1) is 12.8 Å². The molecule has 4 heteroatoms. The Morgan fingerprint density at radius 2 is 2.14 bits per heavy atom. The molecule has 0 aromatic carbocycles. The molecule has 0 spiro atoms. The first-order valence-electron chi connectivity index (χ1n) is 8.20. The van der Waals surface area contributed by atoms with Crippen LogP contribution in [0.25, 0.3) is 10.6 Å². The van der Waals surface area contributed by atoms with Gasteiger partial charge in [-0.2, -0.15) is 0 Å². The van der Waals surface area contributed by atoms with Crippen molar-refractivity contribution in [1.82, 2.24) is 9.88 Å². The molecule has 3 unspecified atom stereocenters. The molecule has 0 aliphatic carbocycles. The fraction of sp³-hybridized carbons (Fsp3) is 0.500. The van der Waals surface area contributed by atoms with Crippen LogP contribution in [0.5, 0.6) is 5.75 Å². The summed E-state index contributed by atoms with van der Waals surface area (Å²) in [5.74, 6) is 1.61. The van der Waals surface area contributed by atoms with E-state index in [0.29, 0.717) is 12.0 Å². The van der Waals surface area contributed by atoms with Crippen molar-refractivity contribution < 1.29 is 4.74 Å². The molecule has 0 saturated carbocycles. The van der Waals surface area contributed by atoms with Crippen LogP contribution in [-0.2, 0) is 0 Å². The minimum Gasteiger partial charge on any atom is -0.488 e. The van der Waals surface area contributed by atoms with Crippen LogP contribution in [0.15, 0.2) is 30.5 Å². The number of pyridine rings is 1. The van der Waals surface area contributed by atoms with Crippen LogP contribution in [-0.4, -0.2) is 35.6 Å². The molecular formula is C18H22N2OS. The number of hydrogen-bond acceptors (Lipinski definition) is 4. The summed E-state index contributed by atoms with van der Waals surface area (Å²) in [5, 5.41) is 0. The molecule has 2 saturated heterocycles. The fourth-order valence-electron chi connectivity index (χ4n) is 3.64. The van der Waals surface area contributed by atoms with E-state index in [1.807, 2.05) is 6.20 Å². The topological polar surface area (TPSA) is 25.4 Å². The third-order valence-corrected chi connectivity index (χ3v) is 5.84. The van der Waals surface area contributed by atoms with Gasteiger partial charge in [0.2, 0.25) is 0 Å². The highest BCUT2D eigenvalue weighted by Crippen LogP contribution is 2.31. The van der Waals surface area contributed by atoms with Gasteiger partial charge < -0.3 is 9.64 Å². The minimum atomic E-state index is 0.369. The summed E-state index contributed by atoms with van der Waals surface area (Å²) in [5.41, 5.74) is 1.04. The van der Waals surface area contributed by atoms with Crippen molar-refractivity contribution in [2.75, 3.05) is 19.6 Å². The van der Waals surface area contributed by atoms with Crippen LogP contribution in [0.4, 0.5) is 0 Å². The summed E-state index contributed by atoms with van der Waals surface area (Å²) in [6.07, 6.45) is 6.03. The van der Waals surface area contributed by atoms with E-state index in [2.05, 4.69) is 41.1 Å². The number of hydrogen-bond donors (Lipinski definition) is 0. The van der Waals surface area contributed by atoms with E-state index in [4.69, 9.17) is 4.74 Å². The SMILES string of the molecule is Cc1ccc(-c2ccc(OC3CCN4CCCC3C4)cn2)s1. The van der Waals surface area contributed by atoms with Crippen molar-refractivity contribution in [2.24, 2.45) is 5.92 Å². The summed E-state index contributed by atoms with van der Waals surface area (Å²) in [7, 11) is 0. The Morgan fingerprint density at radius 1 is 1.18 bits per heavy atom. The Labute approximate surface area is 135 Å². The van der Waals surface area contributed by atoms with E-state index < -0.39 is 0 Å². The number of fused-ring (bicyclic) bond motifs is 2. The largest absolute Gasteiger partial charge is 0.488 e. The molecule has 4 heterocycles. The maximum Gasteiger partial charge on any atom is 0.138 e. The summed E-state index contributed by atoms with van der Waals surface area (Å²) in [6, 6.07) is 8.44. The molecule has 2 aliphatic rings. The molecule has 2 aromatic rings. The second-order valence-electron chi connectivity index (χ2n) is 6.44. The second kappa shape index (κ2) is 6.01. The number of nitrogens with zero attached hydrogens (tertiary/aromatic N) is 2. The highest BCUT2D eigenvalue weighted by atomic mass is 32.1. The van der Waals surface area contributed by atoms with Gasteiger partial charge in [0, 0.05) is 23.9 Å². The van der Waals surface area contributed by atoms with Gasteiger partial charge in [-0.25, -0.2) is 0 Å². The van der Waals surface area contributed by atoms with Crippen LogP contribution < -0.4 is 4.74 Å². The van der Waals surface area contributed by atoms with Gasteiger partial charge in [0.25, 0.3) is 0 Å². The lowest BCUT2D eigenvalue weighted by Gasteiger charge is -2.42. The van der Waals surface area contributed by atoms with E-state index >= 15 is 0 Å². The van der Waals surface area contributed by atoms with Gasteiger partial charge in [-0.05, 0) is 57.0 Å². The summed E-state index contributed by atoms with van der Waals surface area (Å²) < 4.78 is 6.25. The zero-order chi connectivity index (χ0) is 14.9. The van der Waals surface area contributed by atoms with Gasteiger partial charge in [0.15, 0.2) is 0 Å². The predicted molar refractivity (Wildman–Crippen MR) is 90.5 cm³/mol. The van der Waals surface area contributed by atoms with Gasteiger partial charge in [0.1, 0.15) is 11.9 Å². The Hall–Kier alpha value is -1.39. The Kier molecular flexibility index (Phi) is 3.89. The summed E-state index contributed by atoms with van der Waals surface area (Å²) in [6.45, 7) is 5.80. The molecule has 0 N–H and O–H groups in total. The van der Waals surface area contributed by atoms with Gasteiger partial charge in [0.05, 0.1) is 16.8 Å². The van der Waals surface area contributed by atoms with Gasteiger partial charge in [-0.15, -0.1) is 11.3 Å². The van der Waals surface area contributed by atoms with Crippen molar-refractivity contribution in [3.63, 3.8) is 0 Å². The van der Waals surface area contributed by atoms with Gasteiger partial charge in [-0.3, -0.25) is 4.98 Å². The predicted octanol–water partition coefficient (Wildman–Crippen LogP) is 3.98. The Bertz CT molecular complexity index is 637. The summed E-state index contributed by atoms with van der Waals surface area (Å²) >= 11 is 1.79. The second-order valence-corrected chi connectivity index (χ2v) is 7.73. The molecule has 2 aromatic heterocycles. The molecule has 2 aliphatic heterocycles. The highest BCUT2D eigenvalue weighted by Gasteiger charge is 2.33. The average molecular weight is 314 g/mol. The molecule has 0 radical (unpaired) electrons. The molecule has 4 rings (SSSR count). The number of thiophene rings is 1. The van der Waals surface area contributed by atoms with Gasteiger partial charge in [-0.1, -0.05) is 0 Å². The summed E-state index contributed by atoms with van der Waals surface area (Å²) in [4.78, 5) is 9.71. The Balaban J connectivity index is 1.45. The first-order valence-corrected chi connectivity index (χ1v) is 9.01. The maximum atomic E-state index is 6.25. The number of ether oxygens (including phenoxy) is 1. The smallest absolute Gasteiger partial charge is 0.138 e. The maximum absolute atomic E-state index is 6.25. The number of rotatable bonds is 3. The van der Waals surface area contributed by atoms with E-state index in [0.717, 1.165) is 17.9 Å². The zero-order valence-electron chi connectivity index (χ0n) is 13.0. The molecule has 116 valence electrons. The first-order chi connectivity index (χ1) is 10.8. The van der Waals surface area contributed by atoms with Crippen molar-refractivity contribution in [3.8, 4) is 16.3 Å². The van der Waals surface area contributed by atoms with Crippen molar-refractivity contribution in [3.05, 3.63) is 35.3 Å². The molecule has 22 heavy (non-hydrogen) atoms. The quantitative estimate of drug-likeness (QED) is 0.857. The Morgan fingerprint density at radius 3 is 2.91 bits per heavy atom. The normalized spacial score (nSPS) is 27.6. The first kappa shape index (κ1) is 14.2. The monoisotopic (exact) mass is 314 g/mol. The molecule has 3 nitrogen and oxygen atoms in total. The average Bonchev–Trinajstić information content (AvgIpc) is 2.98. The van der Waals surface area contributed by atoms with Crippen LogP contribution in [0.2, 0.25) is 0 Å². The number of aromatic nitrogens is 1. The van der Waals surface area contributed by atoms with Crippen LogP contribution in [0.3, 0.4) is 0 Å². The number of piperidine rings is 2. The van der Waals surface area contributed by atoms with Crippen molar-refractivity contribution in [2.45, 2.75) is 32.3 Å². The molecule has 2 bridgehead atoms. The van der Waals surface area contributed by atoms with Gasteiger partial charge >= 0.3 is 0 Å². The van der Waals surface area contributed by atoms with E-state index in [-0.39, 0.29) is 0 Å². The standard InChI is InChI=1S/C18H22N2OS/c1-13-4-7-18(22-13)16-6-5-15(11-19-16)21-17-8-10-20-9-2-3-14(17)12-20/h4-7,11,14,17H,2-3,8-10,12H2,1H3. The number of aryl methyl sites for hydroxylation is 1. The lowest BCUT2D eigenvalue weighted by atomic mass is 9.87. The highest BCUT2D eigenvalue weighted by molar-refractivity contribution is 7.15. The lowest BCUT2D eigenvalue weighted by molar-refractivity contribution is 0.0150. The third kappa shape index (κ3) is 2.90. The molecular weight excluding hydrogens is 292 g/mol. The molecule has 3 atom stereocenters. The van der Waals surface area contributed by atoms with Crippen molar-refractivity contribution in [1.29, 1.82) is 0 Å². The third-order valence-electron chi connectivity index (χ3n) is 4.81. The van der Waals surface area contributed by atoms with Crippen LogP contribution in [0.1, 0.15) is 24.1 Å². The molecule has 2 fully saturated rings. The van der Waals surface area contributed by atoms with Crippen molar-refractivity contribution >= 4 is 11.3 Å². The fourth-order valence-corrected chi connectivity index (χ4v) is 4.49. The minimum absolute atomic E-state index is 0.369. The van der Waals surface area contributed by atoms with E-state index in [9.17, 15) is 0 Å². The zero-order valence-corrected chi connectivity index (χ0v) is 13.8. The molecule has 0 amide bonds. The van der Waals surface area contributed by atoms with E-state index in [1.54, 1.807) is 11.3 Å². The van der Waals surface area contributed by atoms with E-state index in [1.165, 1.54) is 42.2 Å². The van der Waals surface area contributed by atoms with Crippen LogP contribution >= 0.6 is 11.3 Å². The lowest BCUT2D eigenvalue weighted by Crippen LogP contribution is -2.48.